The standard InChI is InChI=1S/C13H22N4O/c1-8-5-9(2)10(3)17(6-8)13(18)12-11(14)7-16(4)15-12/h7-10H,5-6,14H2,1-4H3. The van der Waals surface area contributed by atoms with Crippen LogP contribution in [-0.4, -0.2) is 33.2 Å². The molecule has 5 heteroatoms. The highest BCUT2D eigenvalue weighted by molar-refractivity contribution is 5.97. The van der Waals surface area contributed by atoms with Crippen molar-refractivity contribution in [2.45, 2.75) is 33.2 Å². The van der Waals surface area contributed by atoms with Gasteiger partial charge in [-0.2, -0.15) is 5.10 Å². The molecule has 0 saturated carbocycles. The zero-order valence-corrected chi connectivity index (χ0v) is 11.6. The summed E-state index contributed by atoms with van der Waals surface area (Å²) in [5, 5.41) is 4.17. The number of piperidine rings is 1. The van der Waals surface area contributed by atoms with Crippen LogP contribution in [0.5, 0.6) is 0 Å². The third-order valence-corrected chi connectivity index (χ3v) is 3.92. The first kappa shape index (κ1) is 12.9. The van der Waals surface area contributed by atoms with E-state index in [0.717, 1.165) is 6.54 Å². The monoisotopic (exact) mass is 250 g/mol. The second kappa shape index (κ2) is 4.63. The lowest BCUT2D eigenvalue weighted by atomic mass is 9.86. The number of hydrogen-bond acceptors (Lipinski definition) is 3. The van der Waals surface area contributed by atoms with Crippen LogP contribution in [-0.2, 0) is 7.05 Å². The SMILES string of the molecule is CC1CC(C)C(C)N(C(=O)c2nn(C)cc2N)C1. The molecule has 0 aromatic carbocycles. The first-order valence-corrected chi connectivity index (χ1v) is 6.50. The van der Waals surface area contributed by atoms with Crippen molar-refractivity contribution in [2.75, 3.05) is 12.3 Å². The molecule has 18 heavy (non-hydrogen) atoms. The van der Waals surface area contributed by atoms with Gasteiger partial charge in [0.05, 0.1) is 5.69 Å². The summed E-state index contributed by atoms with van der Waals surface area (Å²) in [5.41, 5.74) is 6.67. The first-order valence-electron chi connectivity index (χ1n) is 6.50. The van der Waals surface area contributed by atoms with Crippen molar-refractivity contribution < 1.29 is 4.79 Å². The van der Waals surface area contributed by atoms with E-state index in [4.69, 9.17) is 5.73 Å². The molecule has 3 unspecified atom stereocenters. The molecule has 5 nitrogen and oxygen atoms in total. The summed E-state index contributed by atoms with van der Waals surface area (Å²) in [7, 11) is 1.78. The highest BCUT2D eigenvalue weighted by atomic mass is 16.2. The van der Waals surface area contributed by atoms with Crippen LogP contribution >= 0.6 is 0 Å². The van der Waals surface area contributed by atoms with Crippen molar-refractivity contribution in [3.63, 3.8) is 0 Å². The average molecular weight is 250 g/mol. The molecule has 3 atom stereocenters. The molecule has 2 rings (SSSR count). The topological polar surface area (TPSA) is 64.2 Å². The van der Waals surface area contributed by atoms with E-state index in [1.165, 1.54) is 6.42 Å². The molecular formula is C13H22N4O. The number of nitrogens with zero attached hydrogens (tertiary/aromatic N) is 3. The van der Waals surface area contributed by atoms with Crippen molar-refractivity contribution >= 4 is 11.6 Å². The lowest BCUT2D eigenvalue weighted by molar-refractivity contribution is 0.0450. The number of likely N-dealkylation sites (tertiary alicyclic amines) is 1. The molecular weight excluding hydrogens is 228 g/mol. The summed E-state index contributed by atoms with van der Waals surface area (Å²) in [6.07, 6.45) is 2.84. The second-order valence-corrected chi connectivity index (χ2v) is 5.62. The minimum atomic E-state index is -0.0426. The van der Waals surface area contributed by atoms with Crippen molar-refractivity contribution in [3.8, 4) is 0 Å². The molecule has 1 aromatic rings. The summed E-state index contributed by atoms with van der Waals surface area (Å²) >= 11 is 0. The van der Waals surface area contributed by atoms with Gasteiger partial charge in [0, 0.05) is 25.8 Å². The summed E-state index contributed by atoms with van der Waals surface area (Å²) in [6.45, 7) is 7.28. The lowest BCUT2D eigenvalue weighted by Crippen LogP contribution is -2.49. The number of hydrogen-bond donors (Lipinski definition) is 1. The van der Waals surface area contributed by atoms with Gasteiger partial charge in [-0.3, -0.25) is 9.48 Å². The van der Waals surface area contributed by atoms with E-state index in [1.807, 2.05) is 4.90 Å². The van der Waals surface area contributed by atoms with E-state index in [9.17, 15) is 4.79 Å². The van der Waals surface area contributed by atoms with Gasteiger partial charge in [0.2, 0.25) is 0 Å². The van der Waals surface area contributed by atoms with Crippen LogP contribution < -0.4 is 5.73 Å². The van der Waals surface area contributed by atoms with Gasteiger partial charge >= 0.3 is 0 Å². The van der Waals surface area contributed by atoms with Gasteiger partial charge in [0.1, 0.15) is 0 Å². The predicted octanol–water partition coefficient (Wildman–Crippen LogP) is 1.51. The second-order valence-electron chi connectivity index (χ2n) is 5.62. The number of nitrogen functional groups attached to an aromatic ring is 1. The lowest BCUT2D eigenvalue weighted by Gasteiger charge is -2.40. The Balaban J connectivity index is 2.25. The molecule has 1 aliphatic heterocycles. The van der Waals surface area contributed by atoms with Gasteiger partial charge in [-0.15, -0.1) is 0 Å². The van der Waals surface area contributed by atoms with E-state index in [1.54, 1.807) is 17.9 Å². The van der Waals surface area contributed by atoms with Crippen molar-refractivity contribution in [1.29, 1.82) is 0 Å². The van der Waals surface area contributed by atoms with Crippen molar-refractivity contribution in [1.82, 2.24) is 14.7 Å². The van der Waals surface area contributed by atoms with E-state index in [0.29, 0.717) is 23.2 Å². The zero-order chi connectivity index (χ0) is 13.4. The molecule has 1 aliphatic rings. The third kappa shape index (κ3) is 2.21. The highest BCUT2D eigenvalue weighted by Gasteiger charge is 2.33. The summed E-state index contributed by atoms with van der Waals surface area (Å²) in [6, 6.07) is 0.245. The van der Waals surface area contributed by atoms with E-state index < -0.39 is 0 Å². The molecule has 0 bridgehead atoms. The van der Waals surface area contributed by atoms with E-state index >= 15 is 0 Å². The summed E-state index contributed by atoms with van der Waals surface area (Å²) in [5.74, 6) is 1.01. The average Bonchev–Trinajstić information content (AvgIpc) is 2.62. The number of anilines is 1. The molecule has 1 amide bonds. The van der Waals surface area contributed by atoms with Crippen LogP contribution in [0.2, 0.25) is 0 Å². The summed E-state index contributed by atoms with van der Waals surface area (Å²) in [4.78, 5) is 14.4. The minimum absolute atomic E-state index is 0.0426. The van der Waals surface area contributed by atoms with Gasteiger partial charge in [0.15, 0.2) is 5.69 Å². The van der Waals surface area contributed by atoms with Crippen LogP contribution in [0.15, 0.2) is 6.20 Å². The Bertz CT molecular complexity index is 454. The Labute approximate surface area is 108 Å². The fraction of sp³-hybridized carbons (Fsp3) is 0.692. The Kier molecular flexibility index (Phi) is 3.32. The normalized spacial score (nSPS) is 28.4. The Morgan fingerprint density at radius 2 is 2.11 bits per heavy atom. The molecule has 0 radical (unpaired) electrons. The van der Waals surface area contributed by atoms with Gasteiger partial charge in [-0.05, 0) is 25.2 Å². The number of aryl methyl sites for hydroxylation is 1. The third-order valence-electron chi connectivity index (χ3n) is 3.92. The molecule has 1 fully saturated rings. The van der Waals surface area contributed by atoms with Crippen LogP contribution in [0.25, 0.3) is 0 Å². The smallest absolute Gasteiger partial charge is 0.276 e. The predicted molar refractivity (Wildman–Crippen MR) is 71.1 cm³/mol. The molecule has 0 aliphatic carbocycles. The number of carbonyl (C=O) groups is 1. The van der Waals surface area contributed by atoms with Gasteiger partial charge in [-0.1, -0.05) is 13.8 Å². The van der Waals surface area contributed by atoms with Gasteiger partial charge in [0.25, 0.3) is 5.91 Å². The van der Waals surface area contributed by atoms with Gasteiger partial charge < -0.3 is 10.6 Å². The van der Waals surface area contributed by atoms with Crippen LogP contribution in [0.4, 0.5) is 5.69 Å². The molecule has 100 valence electrons. The van der Waals surface area contributed by atoms with E-state index in [-0.39, 0.29) is 11.9 Å². The fourth-order valence-corrected chi connectivity index (χ4v) is 2.79. The van der Waals surface area contributed by atoms with Crippen LogP contribution in [0, 0.1) is 11.8 Å². The minimum Gasteiger partial charge on any atom is -0.396 e. The largest absolute Gasteiger partial charge is 0.396 e. The fourth-order valence-electron chi connectivity index (χ4n) is 2.79. The Morgan fingerprint density at radius 1 is 1.44 bits per heavy atom. The number of carbonyl (C=O) groups excluding carboxylic acids is 1. The van der Waals surface area contributed by atoms with Crippen LogP contribution in [0.3, 0.4) is 0 Å². The number of nitrogens with two attached hydrogens (primary N) is 1. The number of amides is 1. The summed E-state index contributed by atoms with van der Waals surface area (Å²) < 4.78 is 1.59. The first-order chi connectivity index (χ1) is 8.40. The van der Waals surface area contributed by atoms with Crippen molar-refractivity contribution in [3.05, 3.63) is 11.9 Å². The molecule has 2 N–H and O–H groups in total. The Morgan fingerprint density at radius 3 is 2.67 bits per heavy atom. The maximum Gasteiger partial charge on any atom is 0.276 e. The zero-order valence-electron chi connectivity index (χ0n) is 11.6. The maximum atomic E-state index is 12.5. The highest BCUT2D eigenvalue weighted by Crippen LogP contribution is 2.28. The molecule has 2 heterocycles. The number of aromatic nitrogens is 2. The van der Waals surface area contributed by atoms with Crippen molar-refractivity contribution in [2.24, 2.45) is 18.9 Å². The molecule has 1 saturated heterocycles. The molecule has 0 spiro atoms. The number of rotatable bonds is 1. The maximum absolute atomic E-state index is 12.5. The van der Waals surface area contributed by atoms with Gasteiger partial charge in [-0.25, -0.2) is 0 Å². The molecule has 1 aromatic heterocycles. The van der Waals surface area contributed by atoms with E-state index in [2.05, 4.69) is 25.9 Å². The Hall–Kier alpha value is -1.52. The quantitative estimate of drug-likeness (QED) is 0.821. The van der Waals surface area contributed by atoms with Crippen LogP contribution in [0.1, 0.15) is 37.7 Å².